The van der Waals surface area contributed by atoms with Gasteiger partial charge in [0.2, 0.25) is 11.7 Å². The lowest BCUT2D eigenvalue weighted by Crippen LogP contribution is -2.47. The van der Waals surface area contributed by atoms with Crippen molar-refractivity contribution in [2.24, 2.45) is 0 Å². The van der Waals surface area contributed by atoms with Crippen LogP contribution in [-0.4, -0.2) is 56.2 Å². The summed E-state index contributed by atoms with van der Waals surface area (Å²) >= 11 is 6.03. The highest BCUT2D eigenvalue weighted by Crippen LogP contribution is 2.28. The largest absolute Gasteiger partial charge is 0.451 e. The zero-order valence-corrected chi connectivity index (χ0v) is 19.2. The van der Waals surface area contributed by atoms with Crippen molar-refractivity contribution >= 4 is 23.6 Å². The van der Waals surface area contributed by atoms with E-state index in [9.17, 15) is 27.2 Å². The van der Waals surface area contributed by atoms with Crippen molar-refractivity contribution in [2.45, 2.75) is 57.7 Å². The average molecular weight is 504 g/mol. The fourth-order valence-corrected chi connectivity index (χ4v) is 3.50. The molecule has 0 bridgehead atoms. The molecule has 3 heterocycles. The molecule has 13 heteroatoms. The van der Waals surface area contributed by atoms with Crippen molar-refractivity contribution in [3.05, 3.63) is 41.1 Å². The van der Waals surface area contributed by atoms with Gasteiger partial charge in [-0.2, -0.15) is 13.2 Å². The number of aromatic nitrogens is 3. The molecule has 184 valence electrons. The summed E-state index contributed by atoms with van der Waals surface area (Å²) in [6.45, 7) is 4.68. The van der Waals surface area contributed by atoms with Crippen LogP contribution in [-0.2, 0) is 22.3 Å². The molecular weight excluding hydrogens is 482 g/mol. The van der Waals surface area contributed by atoms with Crippen LogP contribution in [0.5, 0.6) is 0 Å². The third kappa shape index (κ3) is 6.52. The van der Waals surface area contributed by atoms with E-state index in [1.54, 1.807) is 20.8 Å². The standard InChI is InChI=1S/C21H22ClF4N5O3/c1-20(2,3)34-19(33)31-10-13(23)6-15(31)17(32)27-7-11-4-14(30-16(22)5-11)12-8-28-18(29-9-12)21(24,25)26/h4-5,8-9,13,15H,6-7,10H2,1-3H3,(H,27,32). The van der Waals surface area contributed by atoms with Crippen LogP contribution in [0.15, 0.2) is 24.5 Å². The first-order chi connectivity index (χ1) is 15.7. The second kappa shape index (κ2) is 9.69. The number of rotatable bonds is 4. The van der Waals surface area contributed by atoms with Gasteiger partial charge in [0, 0.05) is 30.9 Å². The third-order valence-electron chi connectivity index (χ3n) is 4.70. The maximum absolute atomic E-state index is 14.0. The van der Waals surface area contributed by atoms with Crippen LogP contribution in [0.4, 0.5) is 22.4 Å². The van der Waals surface area contributed by atoms with Crippen molar-refractivity contribution in [3.8, 4) is 11.3 Å². The molecule has 0 saturated carbocycles. The molecule has 0 radical (unpaired) electrons. The van der Waals surface area contributed by atoms with Gasteiger partial charge in [0.1, 0.15) is 23.0 Å². The Morgan fingerprint density at radius 3 is 2.44 bits per heavy atom. The molecule has 2 atom stereocenters. The highest BCUT2D eigenvalue weighted by molar-refractivity contribution is 6.29. The zero-order chi connectivity index (χ0) is 25.3. The number of halogens is 5. The fraction of sp³-hybridized carbons (Fsp3) is 0.476. The maximum atomic E-state index is 14.0. The minimum absolute atomic E-state index is 0.0294. The average Bonchev–Trinajstić information content (AvgIpc) is 3.12. The van der Waals surface area contributed by atoms with Gasteiger partial charge in [0.15, 0.2) is 0 Å². The molecule has 2 aromatic heterocycles. The number of nitrogens with zero attached hydrogens (tertiary/aromatic N) is 4. The molecule has 1 aliphatic rings. The minimum Gasteiger partial charge on any atom is -0.444 e. The van der Waals surface area contributed by atoms with Gasteiger partial charge < -0.3 is 10.1 Å². The molecular formula is C21H22ClF4N5O3. The molecule has 1 saturated heterocycles. The number of amides is 2. The number of ether oxygens (including phenoxy) is 1. The van der Waals surface area contributed by atoms with Gasteiger partial charge in [0.05, 0.1) is 12.2 Å². The van der Waals surface area contributed by atoms with E-state index in [1.807, 2.05) is 0 Å². The monoisotopic (exact) mass is 503 g/mol. The Morgan fingerprint density at radius 2 is 1.85 bits per heavy atom. The number of hydrogen-bond acceptors (Lipinski definition) is 6. The van der Waals surface area contributed by atoms with Gasteiger partial charge in [-0.15, -0.1) is 0 Å². The highest BCUT2D eigenvalue weighted by atomic mass is 35.5. The van der Waals surface area contributed by atoms with Crippen LogP contribution in [0, 0.1) is 0 Å². The number of nitrogens with one attached hydrogen (secondary N) is 1. The molecule has 34 heavy (non-hydrogen) atoms. The Kier molecular flexibility index (Phi) is 7.29. The van der Waals surface area contributed by atoms with Gasteiger partial charge in [-0.25, -0.2) is 24.1 Å². The first-order valence-electron chi connectivity index (χ1n) is 10.2. The molecule has 0 spiro atoms. The molecule has 0 aromatic carbocycles. The van der Waals surface area contributed by atoms with E-state index in [0.29, 0.717) is 5.56 Å². The van der Waals surface area contributed by atoms with Crippen LogP contribution < -0.4 is 5.32 Å². The zero-order valence-electron chi connectivity index (χ0n) is 18.5. The van der Waals surface area contributed by atoms with Crippen LogP contribution in [0.25, 0.3) is 11.3 Å². The van der Waals surface area contributed by atoms with E-state index in [-0.39, 0.29) is 35.9 Å². The summed E-state index contributed by atoms with van der Waals surface area (Å²) in [4.78, 5) is 36.8. The molecule has 0 aliphatic carbocycles. The number of carbonyl (C=O) groups is 2. The van der Waals surface area contributed by atoms with Gasteiger partial charge in [-0.1, -0.05) is 11.6 Å². The second-order valence-electron chi connectivity index (χ2n) is 8.68. The van der Waals surface area contributed by atoms with E-state index in [0.717, 1.165) is 17.3 Å². The Bertz CT molecular complexity index is 1060. The number of likely N-dealkylation sites (tertiary alicyclic amines) is 1. The van der Waals surface area contributed by atoms with E-state index in [1.165, 1.54) is 12.1 Å². The molecule has 3 rings (SSSR count). The van der Waals surface area contributed by atoms with E-state index >= 15 is 0 Å². The molecule has 2 aromatic rings. The first kappa shape index (κ1) is 25.6. The Balaban J connectivity index is 1.71. The number of alkyl halides is 4. The summed E-state index contributed by atoms with van der Waals surface area (Å²) in [5, 5.41) is 2.65. The van der Waals surface area contributed by atoms with Crippen LogP contribution in [0.2, 0.25) is 5.15 Å². The van der Waals surface area contributed by atoms with Crippen molar-refractivity contribution < 1.29 is 31.9 Å². The first-order valence-corrected chi connectivity index (χ1v) is 10.6. The van der Waals surface area contributed by atoms with Crippen LogP contribution >= 0.6 is 11.6 Å². The van der Waals surface area contributed by atoms with Crippen LogP contribution in [0.1, 0.15) is 38.6 Å². The quantitative estimate of drug-likeness (QED) is 0.497. The Hall–Kier alpha value is -3.02. The van der Waals surface area contributed by atoms with E-state index in [4.69, 9.17) is 16.3 Å². The van der Waals surface area contributed by atoms with Gasteiger partial charge in [-0.3, -0.25) is 9.69 Å². The molecule has 1 fully saturated rings. The van der Waals surface area contributed by atoms with E-state index in [2.05, 4.69) is 20.3 Å². The summed E-state index contributed by atoms with van der Waals surface area (Å²) in [5.74, 6) is -1.87. The topological polar surface area (TPSA) is 97.3 Å². The van der Waals surface area contributed by atoms with Gasteiger partial charge in [0.25, 0.3) is 0 Å². The smallest absolute Gasteiger partial charge is 0.444 e. The predicted molar refractivity (Wildman–Crippen MR) is 113 cm³/mol. The molecule has 1 aliphatic heterocycles. The SMILES string of the molecule is CC(C)(C)OC(=O)N1CC(F)CC1C(=O)NCc1cc(Cl)nc(-c2cnc(C(F)(F)F)nc2)c1. The number of carbonyl (C=O) groups excluding carboxylic acids is 2. The minimum atomic E-state index is -4.68. The lowest BCUT2D eigenvalue weighted by molar-refractivity contribution is -0.145. The number of hydrogen-bond donors (Lipinski definition) is 1. The predicted octanol–water partition coefficient (Wildman–Crippen LogP) is 4.17. The lowest BCUT2D eigenvalue weighted by Gasteiger charge is -2.27. The van der Waals surface area contributed by atoms with Crippen LogP contribution in [0.3, 0.4) is 0 Å². The summed E-state index contributed by atoms with van der Waals surface area (Å²) in [7, 11) is 0. The summed E-state index contributed by atoms with van der Waals surface area (Å²) in [6.07, 6.45) is -5.07. The van der Waals surface area contributed by atoms with Gasteiger partial charge in [-0.05, 0) is 38.5 Å². The van der Waals surface area contributed by atoms with Crippen molar-refractivity contribution in [1.29, 1.82) is 0 Å². The van der Waals surface area contributed by atoms with E-state index < -0.39 is 41.8 Å². The molecule has 2 amide bonds. The van der Waals surface area contributed by atoms with Crippen molar-refractivity contribution in [1.82, 2.24) is 25.2 Å². The molecule has 8 nitrogen and oxygen atoms in total. The lowest BCUT2D eigenvalue weighted by atomic mass is 10.1. The second-order valence-corrected chi connectivity index (χ2v) is 9.06. The fourth-order valence-electron chi connectivity index (χ4n) is 3.27. The summed E-state index contributed by atoms with van der Waals surface area (Å²) in [6, 6.07) is 1.90. The normalized spacial score (nSPS) is 18.6. The summed E-state index contributed by atoms with van der Waals surface area (Å²) in [5.41, 5.74) is 0.0567. The number of pyridine rings is 1. The van der Waals surface area contributed by atoms with Crippen molar-refractivity contribution in [3.63, 3.8) is 0 Å². The van der Waals surface area contributed by atoms with Crippen molar-refractivity contribution in [2.75, 3.05) is 6.54 Å². The molecule has 2 unspecified atom stereocenters. The third-order valence-corrected chi connectivity index (χ3v) is 4.90. The molecule has 1 N–H and O–H groups in total. The Morgan fingerprint density at radius 1 is 1.21 bits per heavy atom. The van der Waals surface area contributed by atoms with Gasteiger partial charge >= 0.3 is 12.3 Å². The maximum Gasteiger partial charge on any atom is 0.451 e. The Labute approximate surface area is 197 Å². The summed E-state index contributed by atoms with van der Waals surface area (Å²) < 4.78 is 57.3. The highest BCUT2D eigenvalue weighted by Gasteiger charge is 2.41.